The summed E-state index contributed by atoms with van der Waals surface area (Å²) in [4.78, 5) is 15.5. The number of amides is 2. The van der Waals surface area contributed by atoms with Gasteiger partial charge < -0.3 is 19.4 Å². The van der Waals surface area contributed by atoms with E-state index in [2.05, 4.69) is 5.32 Å². The first kappa shape index (κ1) is 28.6. The maximum atomic E-state index is 13.5. The van der Waals surface area contributed by atoms with Crippen molar-refractivity contribution in [2.24, 2.45) is 0 Å². The summed E-state index contributed by atoms with van der Waals surface area (Å²) in [5.74, 6) is 0.966. The molecule has 0 heterocycles. The molecule has 2 aromatic rings. The van der Waals surface area contributed by atoms with Crippen LogP contribution in [0.3, 0.4) is 0 Å². The number of nitrogens with zero attached hydrogens (tertiary/aromatic N) is 2. The molecule has 0 aliphatic carbocycles. The molecule has 6 nitrogen and oxygen atoms in total. The van der Waals surface area contributed by atoms with E-state index >= 15 is 0 Å². The molecule has 0 aliphatic rings. The number of carbonyl (C=O) groups excluding carboxylic acids is 1. The van der Waals surface area contributed by atoms with Crippen LogP contribution in [0.5, 0.6) is 11.5 Å². The topological polar surface area (TPSA) is 54.0 Å². The third kappa shape index (κ3) is 7.68. The van der Waals surface area contributed by atoms with Crippen molar-refractivity contribution in [1.29, 1.82) is 0 Å². The second-order valence-electron chi connectivity index (χ2n) is 8.41. The van der Waals surface area contributed by atoms with Gasteiger partial charge in [0.15, 0.2) is 4.32 Å². The van der Waals surface area contributed by atoms with Gasteiger partial charge in [0, 0.05) is 25.0 Å². The van der Waals surface area contributed by atoms with Crippen molar-refractivity contribution in [2.75, 3.05) is 29.8 Å². The Morgan fingerprint density at radius 3 is 2.21 bits per heavy atom. The lowest BCUT2D eigenvalue weighted by Gasteiger charge is -2.28. The zero-order chi connectivity index (χ0) is 25.6. The molecule has 0 aromatic heterocycles. The Morgan fingerprint density at radius 2 is 1.71 bits per heavy atom. The molecule has 2 amide bonds. The van der Waals surface area contributed by atoms with Crippen molar-refractivity contribution in [2.45, 2.75) is 40.4 Å². The fraction of sp³-hybridized carbons (Fsp3) is 0.391. The molecular weight excluding hydrogens is 529 g/mol. The standard InChI is InChI=1S/C23H31Cl2N3O3S2Si/c1-8-27(9-2)23(32)33-28(22(29)26-19-12-15(3)10-11-20(19)30-4)16-13-17(24)21(18(25)14-16)31-34(5,6)7/h10-14H,8-9H2,1-7H3,(H,26,29). The molecule has 11 heteroatoms. The molecule has 0 radical (unpaired) electrons. The first-order valence-electron chi connectivity index (χ1n) is 10.8. The van der Waals surface area contributed by atoms with E-state index < -0.39 is 14.3 Å². The Morgan fingerprint density at radius 1 is 1.12 bits per heavy atom. The third-order valence-electron chi connectivity index (χ3n) is 4.60. The Balaban J connectivity index is 2.49. The van der Waals surface area contributed by atoms with Crippen LogP contribution >= 0.6 is 47.4 Å². The van der Waals surface area contributed by atoms with Gasteiger partial charge >= 0.3 is 6.03 Å². The van der Waals surface area contributed by atoms with Crippen LogP contribution in [0.2, 0.25) is 29.7 Å². The average molecular weight is 561 g/mol. The number of aryl methyl sites for hydroxylation is 1. The number of halogens is 2. The van der Waals surface area contributed by atoms with Crippen LogP contribution in [0.1, 0.15) is 19.4 Å². The molecule has 0 bridgehead atoms. The van der Waals surface area contributed by atoms with E-state index in [1.807, 2.05) is 57.4 Å². The van der Waals surface area contributed by atoms with Crippen LogP contribution in [-0.2, 0) is 0 Å². The summed E-state index contributed by atoms with van der Waals surface area (Å²) in [5.41, 5.74) is 2.00. The van der Waals surface area contributed by atoms with E-state index in [4.69, 9.17) is 44.6 Å². The molecule has 0 saturated carbocycles. The zero-order valence-electron chi connectivity index (χ0n) is 20.5. The molecule has 0 saturated heterocycles. The van der Waals surface area contributed by atoms with Crippen molar-refractivity contribution < 1.29 is 14.0 Å². The summed E-state index contributed by atoms with van der Waals surface area (Å²) in [7, 11) is -0.399. The van der Waals surface area contributed by atoms with Crippen molar-refractivity contribution in [1.82, 2.24) is 4.90 Å². The molecule has 0 unspecified atom stereocenters. The maximum absolute atomic E-state index is 13.5. The van der Waals surface area contributed by atoms with E-state index in [0.29, 0.717) is 50.3 Å². The van der Waals surface area contributed by atoms with Crippen molar-refractivity contribution in [3.8, 4) is 11.5 Å². The number of hydrogen-bond acceptors (Lipinski definition) is 5. The predicted octanol–water partition coefficient (Wildman–Crippen LogP) is 7.84. The molecule has 1 N–H and O–H groups in total. The van der Waals surface area contributed by atoms with Gasteiger partial charge in [-0.25, -0.2) is 9.10 Å². The minimum Gasteiger partial charge on any atom is -0.542 e. The average Bonchev–Trinajstić information content (AvgIpc) is 2.74. The highest BCUT2D eigenvalue weighted by atomic mass is 35.5. The van der Waals surface area contributed by atoms with E-state index in [0.717, 1.165) is 17.5 Å². The summed E-state index contributed by atoms with van der Waals surface area (Å²) >= 11 is 19.9. The quantitative estimate of drug-likeness (QED) is 0.212. The minimum absolute atomic E-state index is 0.324. The largest absolute Gasteiger partial charge is 0.542 e. The lowest BCUT2D eigenvalue weighted by molar-refractivity contribution is 0.260. The van der Waals surface area contributed by atoms with Gasteiger partial charge in [0.05, 0.1) is 28.5 Å². The first-order valence-corrected chi connectivity index (χ1v) is 16.1. The van der Waals surface area contributed by atoms with Gasteiger partial charge in [-0.15, -0.1) is 0 Å². The smallest absolute Gasteiger partial charge is 0.337 e. The van der Waals surface area contributed by atoms with Crippen LogP contribution in [-0.4, -0.2) is 43.8 Å². The monoisotopic (exact) mass is 559 g/mol. The highest BCUT2D eigenvalue weighted by Crippen LogP contribution is 2.40. The normalized spacial score (nSPS) is 11.1. The van der Waals surface area contributed by atoms with E-state index in [1.165, 1.54) is 4.31 Å². The molecule has 2 rings (SSSR count). The summed E-state index contributed by atoms with van der Waals surface area (Å²) in [5, 5.41) is 3.57. The summed E-state index contributed by atoms with van der Waals surface area (Å²) < 4.78 is 13.5. The highest BCUT2D eigenvalue weighted by molar-refractivity contribution is 8.24. The summed E-state index contributed by atoms with van der Waals surface area (Å²) in [6.45, 7) is 13.5. The van der Waals surface area contributed by atoms with Crippen LogP contribution in [0, 0.1) is 6.92 Å². The van der Waals surface area contributed by atoms with Gasteiger partial charge in [-0.3, -0.25) is 0 Å². The van der Waals surface area contributed by atoms with Gasteiger partial charge in [-0.05, 0) is 70.2 Å². The molecule has 186 valence electrons. The van der Waals surface area contributed by atoms with Crippen LogP contribution < -0.4 is 18.8 Å². The molecule has 0 atom stereocenters. The van der Waals surface area contributed by atoms with Crippen LogP contribution in [0.15, 0.2) is 30.3 Å². The number of methoxy groups -OCH3 is 1. The number of anilines is 2. The van der Waals surface area contributed by atoms with Gasteiger partial charge in [0.25, 0.3) is 0 Å². The number of urea groups is 1. The molecule has 2 aromatic carbocycles. The maximum Gasteiger partial charge on any atom is 0.337 e. The van der Waals surface area contributed by atoms with Gasteiger partial charge in [-0.2, -0.15) is 0 Å². The van der Waals surface area contributed by atoms with Gasteiger partial charge in [0.2, 0.25) is 8.32 Å². The fourth-order valence-corrected chi connectivity index (χ4v) is 5.85. The molecular formula is C23H31Cl2N3O3S2Si. The third-order valence-corrected chi connectivity index (χ3v) is 7.43. The summed E-state index contributed by atoms with van der Waals surface area (Å²) in [6, 6.07) is 8.45. The summed E-state index contributed by atoms with van der Waals surface area (Å²) in [6.07, 6.45) is 0. The lowest BCUT2D eigenvalue weighted by atomic mass is 10.2. The Hall–Kier alpha value is -1.65. The molecule has 0 aliphatic heterocycles. The van der Waals surface area contributed by atoms with Crippen molar-refractivity contribution >= 4 is 77.4 Å². The second-order valence-corrected chi connectivity index (χ2v) is 15.2. The van der Waals surface area contributed by atoms with E-state index in [-0.39, 0.29) is 0 Å². The van der Waals surface area contributed by atoms with Gasteiger partial charge in [0.1, 0.15) is 11.5 Å². The van der Waals surface area contributed by atoms with E-state index in [9.17, 15) is 4.79 Å². The second kappa shape index (κ2) is 12.4. The zero-order valence-corrected chi connectivity index (χ0v) is 24.6. The number of benzene rings is 2. The first-order chi connectivity index (χ1) is 15.9. The van der Waals surface area contributed by atoms with Gasteiger partial charge in [-0.1, -0.05) is 41.5 Å². The fourth-order valence-electron chi connectivity index (χ4n) is 2.98. The Kier molecular flexibility index (Phi) is 10.4. The lowest BCUT2D eigenvalue weighted by Crippen LogP contribution is -2.35. The van der Waals surface area contributed by atoms with Crippen LogP contribution in [0.4, 0.5) is 16.2 Å². The minimum atomic E-state index is -1.95. The number of nitrogens with one attached hydrogen (secondary N) is 1. The Bertz CT molecular complexity index is 1020. The number of thiocarbonyl (C=S) groups is 1. The predicted molar refractivity (Wildman–Crippen MR) is 153 cm³/mol. The number of carbonyl (C=O) groups is 1. The van der Waals surface area contributed by atoms with Crippen molar-refractivity contribution in [3.05, 3.63) is 45.9 Å². The van der Waals surface area contributed by atoms with E-state index in [1.54, 1.807) is 25.3 Å². The number of hydrogen-bond donors (Lipinski definition) is 1. The number of ether oxygens (including phenoxy) is 1. The van der Waals surface area contributed by atoms with Crippen molar-refractivity contribution in [3.63, 3.8) is 0 Å². The molecule has 0 spiro atoms. The highest BCUT2D eigenvalue weighted by Gasteiger charge is 2.26. The molecule has 34 heavy (non-hydrogen) atoms. The molecule has 0 fully saturated rings. The van der Waals surface area contributed by atoms with Crippen LogP contribution in [0.25, 0.3) is 0 Å². The SMILES string of the molecule is CCN(CC)C(=S)SN(C(=O)Nc1cc(C)ccc1OC)c1cc(Cl)c(O[Si](C)(C)C)c(Cl)c1. The number of rotatable bonds is 7. The Labute approximate surface area is 223 Å².